The third kappa shape index (κ3) is 5.09. The summed E-state index contributed by atoms with van der Waals surface area (Å²) in [6.07, 6.45) is 2.37. The molecule has 0 radical (unpaired) electrons. The monoisotopic (exact) mass is 352 g/mol. The third-order valence-electron chi connectivity index (χ3n) is 4.49. The molecule has 2 N–H and O–H groups in total. The van der Waals surface area contributed by atoms with E-state index in [0.717, 1.165) is 23.4 Å². The predicted molar refractivity (Wildman–Crippen MR) is 101 cm³/mol. The van der Waals surface area contributed by atoms with Crippen LogP contribution in [0.2, 0.25) is 0 Å². The van der Waals surface area contributed by atoms with Crippen LogP contribution in [-0.4, -0.2) is 25.0 Å². The van der Waals surface area contributed by atoms with Crippen LogP contribution in [0.15, 0.2) is 54.6 Å². The highest BCUT2D eigenvalue weighted by Gasteiger charge is 2.26. The number of anilines is 1. The number of hydrogen-bond acceptors (Lipinski definition) is 3. The molecule has 0 bridgehead atoms. The summed E-state index contributed by atoms with van der Waals surface area (Å²) >= 11 is 0. The first-order valence-electron chi connectivity index (χ1n) is 9.05. The molecule has 0 aliphatic carbocycles. The van der Waals surface area contributed by atoms with E-state index in [1.807, 2.05) is 54.6 Å². The van der Waals surface area contributed by atoms with Crippen LogP contribution in [0.25, 0.3) is 0 Å². The highest BCUT2D eigenvalue weighted by molar-refractivity contribution is 5.96. The number of rotatable bonds is 8. The SMILES string of the molecule is O=C(CCC1Cc2ccccc2NC1=O)NCCCOc1ccccc1. The Kier molecular flexibility index (Phi) is 6.25. The minimum atomic E-state index is -0.142. The normalized spacial score (nSPS) is 15.7. The van der Waals surface area contributed by atoms with E-state index in [1.54, 1.807) is 0 Å². The molecule has 0 spiro atoms. The quantitative estimate of drug-likeness (QED) is 0.717. The lowest BCUT2D eigenvalue weighted by Gasteiger charge is -2.24. The number of carbonyl (C=O) groups is 2. The summed E-state index contributed by atoms with van der Waals surface area (Å²) in [5, 5.41) is 5.81. The van der Waals surface area contributed by atoms with E-state index >= 15 is 0 Å². The lowest BCUT2D eigenvalue weighted by Crippen LogP contribution is -2.32. The van der Waals surface area contributed by atoms with E-state index in [9.17, 15) is 9.59 Å². The second kappa shape index (κ2) is 9.04. The maximum Gasteiger partial charge on any atom is 0.227 e. The Balaban J connectivity index is 1.32. The summed E-state index contributed by atoms with van der Waals surface area (Å²) in [7, 11) is 0. The van der Waals surface area contributed by atoms with Gasteiger partial charge in [0.25, 0.3) is 0 Å². The summed E-state index contributed by atoms with van der Waals surface area (Å²) in [5.41, 5.74) is 2.02. The molecule has 0 fully saturated rings. The molecule has 2 aromatic carbocycles. The molecule has 1 unspecified atom stereocenters. The van der Waals surface area contributed by atoms with Crippen molar-refractivity contribution in [3.05, 3.63) is 60.2 Å². The Morgan fingerprint density at radius 3 is 2.73 bits per heavy atom. The molecule has 136 valence electrons. The molecular weight excluding hydrogens is 328 g/mol. The van der Waals surface area contributed by atoms with Gasteiger partial charge in [-0.1, -0.05) is 36.4 Å². The van der Waals surface area contributed by atoms with Gasteiger partial charge in [-0.2, -0.15) is 0 Å². The first kappa shape index (κ1) is 18.0. The number of hydrogen-bond donors (Lipinski definition) is 2. The number of amides is 2. The van der Waals surface area contributed by atoms with Gasteiger partial charge in [0.2, 0.25) is 11.8 Å². The van der Waals surface area contributed by atoms with Crippen LogP contribution in [0, 0.1) is 5.92 Å². The van der Waals surface area contributed by atoms with Gasteiger partial charge in [0.1, 0.15) is 5.75 Å². The van der Waals surface area contributed by atoms with Gasteiger partial charge in [-0.05, 0) is 43.0 Å². The zero-order valence-corrected chi connectivity index (χ0v) is 14.7. The van der Waals surface area contributed by atoms with Gasteiger partial charge < -0.3 is 15.4 Å². The van der Waals surface area contributed by atoms with Crippen LogP contribution in [0.1, 0.15) is 24.8 Å². The van der Waals surface area contributed by atoms with Gasteiger partial charge in [-0.15, -0.1) is 0 Å². The molecule has 1 aliphatic rings. The molecule has 3 rings (SSSR count). The fourth-order valence-electron chi connectivity index (χ4n) is 3.05. The molecule has 1 heterocycles. The molecule has 0 saturated heterocycles. The highest BCUT2D eigenvalue weighted by Crippen LogP contribution is 2.27. The summed E-state index contributed by atoms with van der Waals surface area (Å²) in [4.78, 5) is 24.1. The van der Waals surface area contributed by atoms with Crippen LogP contribution >= 0.6 is 0 Å². The Bertz CT molecular complexity index is 746. The van der Waals surface area contributed by atoms with Crippen molar-refractivity contribution in [2.24, 2.45) is 5.92 Å². The molecule has 1 atom stereocenters. The Morgan fingerprint density at radius 2 is 1.88 bits per heavy atom. The van der Waals surface area contributed by atoms with Crippen molar-refractivity contribution in [3.63, 3.8) is 0 Å². The van der Waals surface area contributed by atoms with Crippen LogP contribution in [-0.2, 0) is 16.0 Å². The second-order valence-electron chi connectivity index (χ2n) is 6.45. The number of carbonyl (C=O) groups excluding carboxylic acids is 2. The summed E-state index contributed by atoms with van der Waals surface area (Å²) in [5.74, 6) is 0.684. The van der Waals surface area contributed by atoms with Crippen LogP contribution < -0.4 is 15.4 Å². The molecule has 5 nitrogen and oxygen atoms in total. The van der Waals surface area contributed by atoms with Gasteiger partial charge >= 0.3 is 0 Å². The van der Waals surface area contributed by atoms with Crippen molar-refractivity contribution >= 4 is 17.5 Å². The second-order valence-corrected chi connectivity index (χ2v) is 6.45. The fourth-order valence-corrected chi connectivity index (χ4v) is 3.05. The van der Waals surface area contributed by atoms with Crippen molar-refractivity contribution < 1.29 is 14.3 Å². The molecule has 26 heavy (non-hydrogen) atoms. The predicted octanol–water partition coefficient (Wildman–Crippen LogP) is 3.16. The van der Waals surface area contributed by atoms with Gasteiger partial charge in [-0.25, -0.2) is 0 Å². The van der Waals surface area contributed by atoms with E-state index in [2.05, 4.69) is 10.6 Å². The minimum absolute atomic E-state index is 0.00719. The molecule has 0 saturated carbocycles. The van der Waals surface area contributed by atoms with Gasteiger partial charge in [0.05, 0.1) is 6.61 Å². The highest BCUT2D eigenvalue weighted by atomic mass is 16.5. The Morgan fingerprint density at radius 1 is 1.12 bits per heavy atom. The van der Waals surface area contributed by atoms with Gasteiger partial charge in [-0.3, -0.25) is 9.59 Å². The van der Waals surface area contributed by atoms with Crippen molar-refractivity contribution in [2.45, 2.75) is 25.7 Å². The largest absolute Gasteiger partial charge is 0.494 e. The van der Waals surface area contributed by atoms with Crippen molar-refractivity contribution in [1.29, 1.82) is 0 Å². The van der Waals surface area contributed by atoms with Crippen molar-refractivity contribution in [2.75, 3.05) is 18.5 Å². The van der Waals surface area contributed by atoms with E-state index < -0.39 is 0 Å². The van der Waals surface area contributed by atoms with E-state index in [-0.39, 0.29) is 17.7 Å². The molecule has 5 heteroatoms. The lowest BCUT2D eigenvalue weighted by molar-refractivity contribution is -0.122. The average molecular weight is 352 g/mol. The van der Waals surface area contributed by atoms with Gasteiger partial charge in [0.15, 0.2) is 0 Å². The average Bonchev–Trinajstić information content (AvgIpc) is 2.67. The number of fused-ring (bicyclic) bond motifs is 1. The number of ether oxygens (including phenoxy) is 1. The first-order chi connectivity index (χ1) is 12.7. The van der Waals surface area contributed by atoms with Crippen LogP contribution in [0.5, 0.6) is 5.75 Å². The number of nitrogens with one attached hydrogen (secondary N) is 2. The number of para-hydroxylation sites is 2. The molecule has 2 aromatic rings. The lowest BCUT2D eigenvalue weighted by atomic mass is 9.89. The third-order valence-corrected chi connectivity index (χ3v) is 4.49. The van der Waals surface area contributed by atoms with E-state index in [0.29, 0.717) is 32.4 Å². The fraction of sp³-hybridized carbons (Fsp3) is 0.333. The van der Waals surface area contributed by atoms with Gasteiger partial charge in [0, 0.05) is 24.6 Å². The van der Waals surface area contributed by atoms with E-state index in [4.69, 9.17) is 4.74 Å². The summed E-state index contributed by atoms with van der Waals surface area (Å²) in [6, 6.07) is 17.4. The smallest absolute Gasteiger partial charge is 0.227 e. The van der Waals surface area contributed by atoms with Crippen molar-refractivity contribution in [3.8, 4) is 5.75 Å². The maximum absolute atomic E-state index is 12.1. The summed E-state index contributed by atoms with van der Waals surface area (Å²) < 4.78 is 5.59. The standard InChI is InChI=1S/C21H24N2O3/c24-20(22-13-6-14-26-18-8-2-1-3-9-18)12-11-17-15-16-7-4-5-10-19(16)23-21(17)25/h1-5,7-10,17H,6,11-15H2,(H,22,24)(H,23,25). The van der Waals surface area contributed by atoms with E-state index in [1.165, 1.54) is 0 Å². The molecule has 1 aliphatic heterocycles. The molecule has 2 amide bonds. The van der Waals surface area contributed by atoms with Crippen LogP contribution in [0.3, 0.4) is 0 Å². The number of benzene rings is 2. The molecular formula is C21H24N2O3. The minimum Gasteiger partial charge on any atom is -0.494 e. The Hall–Kier alpha value is -2.82. The molecule has 0 aromatic heterocycles. The maximum atomic E-state index is 12.1. The first-order valence-corrected chi connectivity index (χ1v) is 9.05. The zero-order chi connectivity index (χ0) is 18.2. The Labute approximate surface area is 153 Å². The topological polar surface area (TPSA) is 67.4 Å². The zero-order valence-electron chi connectivity index (χ0n) is 14.7. The summed E-state index contributed by atoms with van der Waals surface area (Å²) in [6.45, 7) is 1.14. The van der Waals surface area contributed by atoms with Crippen LogP contribution in [0.4, 0.5) is 5.69 Å². The van der Waals surface area contributed by atoms with Crippen molar-refractivity contribution in [1.82, 2.24) is 5.32 Å².